The van der Waals surface area contributed by atoms with Gasteiger partial charge in [0.05, 0.1) is 18.2 Å². The quantitative estimate of drug-likeness (QED) is 0.933. The van der Waals surface area contributed by atoms with Crippen molar-refractivity contribution in [3.8, 4) is 5.75 Å². The minimum absolute atomic E-state index is 0.00841. The number of thioether (sulfide) groups is 1. The molecule has 0 radical (unpaired) electrons. The second kappa shape index (κ2) is 6.30. The van der Waals surface area contributed by atoms with Crippen LogP contribution in [0.1, 0.15) is 24.2 Å². The van der Waals surface area contributed by atoms with E-state index >= 15 is 0 Å². The van der Waals surface area contributed by atoms with E-state index in [1.54, 1.807) is 18.2 Å². The molecule has 19 heavy (non-hydrogen) atoms. The highest BCUT2D eigenvalue weighted by molar-refractivity contribution is 8.14. The summed E-state index contributed by atoms with van der Waals surface area (Å²) in [5.74, 6) is 1.19. The summed E-state index contributed by atoms with van der Waals surface area (Å²) in [5, 5.41) is 3.93. The van der Waals surface area contributed by atoms with Crippen LogP contribution in [-0.2, 0) is 0 Å². The summed E-state index contributed by atoms with van der Waals surface area (Å²) in [7, 11) is 0. The predicted octanol–water partition coefficient (Wildman–Crippen LogP) is 2.96. The highest BCUT2D eigenvalue weighted by Gasteiger charge is 2.17. The van der Waals surface area contributed by atoms with Crippen molar-refractivity contribution in [3.05, 3.63) is 28.8 Å². The van der Waals surface area contributed by atoms with Gasteiger partial charge in [0.2, 0.25) is 0 Å². The Morgan fingerprint density at radius 2 is 2.32 bits per heavy atom. The highest BCUT2D eigenvalue weighted by Crippen LogP contribution is 2.24. The van der Waals surface area contributed by atoms with Gasteiger partial charge in [0, 0.05) is 10.8 Å². The number of aliphatic imine (C=N–C) groups is 1. The molecule has 0 aliphatic carbocycles. The standard InChI is InChI=1S/C13H15ClN2O2S/c1-8(2)18-11-4-3-9(14)7-10(11)12(17)16-13-15-5-6-19-13/h3-4,7-8H,5-6H2,1-2H3,(H,15,16,17). The average molecular weight is 299 g/mol. The number of carbonyl (C=O) groups excluding carboxylic acids is 1. The van der Waals surface area contributed by atoms with Crippen molar-refractivity contribution in [2.75, 3.05) is 12.3 Å². The number of rotatable bonds is 3. The Balaban J connectivity index is 2.20. The number of amides is 1. The first-order valence-corrected chi connectivity index (χ1v) is 7.37. The minimum Gasteiger partial charge on any atom is -0.490 e. The monoisotopic (exact) mass is 298 g/mol. The Kier molecular flexibility index (Phi) is 4.71. The van der Waals surface area contributed by atoms with E-state index in [-0.39, 0.29) is 12.0 Å². The normalized spacial score (nSPS) is 14.4. The van der Waals surface area contributed by atoms with Crippen molar-refractivity contribution >= 4 is 34.4 Å². The fourth-order valence-corrected chi connectivity index (χ4v) is 2.51. The number of hydrogen-bond acceptors (Lipinski definition) is 4. The van der Waals surface area contributed by atoms with Crippen molar-refractivity contribution in [3.63, 3.8) is 0 Å². The van der Waals surface area contributed by atoms with E-state index in [0.717, 1.165) is 12.3 Å². The first kappa shape index (κ1) is 14.2. The first-order valence-electron chi connectivity index (χ1n) is 6.01. The largest absolute Gasteiger partial charge is 0.490 e. The highest BCUT2D eigenvalue weighted by atomic mass is 35.5. The summed E-state index contributed by atoms with van der Waals surface area (Å²) >= 11 is 7.48. The summed E-state index contributed by atoms with van der Waals surface area (Å²) in [6.07, 6.45) is -0.00841. The van der Waals surface area contributed by atoms with Crippen molar-refractivity contribution < 1.29 is 9.53 Å². The van der Waals surface area contributed by atoms with Crippen LogP contribution < -0.4 is 10.1 Å². The number of ether oxygens (including phenoxy) is 1. The molecule has 0 aromatic heterocycles. The zero-order valence-corrected chi connectivity index (χ0v) is 12.3. The maximum atomic E-state index is 12.2. The third-order valence-electron chi connectivity index (χ3n) is 2.35. The zero-order valence-electron chi connectivity index (χ0n) is 10.8. The number of nitrogens with one attached hydrogen (secondary N) is 1. The van der Waals surface area contributed by atoms with Crippen LogP contribution in [0.5, 0.6) is 5.75 Å². The van der Waals surface area contributed by atoms with Crippen molar-refractivity contribution in [2.24, 2.45) is 4.99 Å². The van der Waals surface area contributed by atoms with Gasteiger partial charge in [-0.1, -0.05) is 23.4 Å². The van der Waals surface area contributed by atoms with Gasteiger partial charge in [-0.25, -0.2) is 0 Å². The molecule has 4 nitrogen and oxygen atoms in total. The fourth-order valence-electron chi connectivity index (χ4n) is 1.61. The summed E-state index contributed by atoms with van der Waals surface area (Å²) < 4.78 is 5.62. The van der Waals surface area contributed by atoms with E-state index in [0.29, 0.717) is 21.5 Å². The molecule has 1 aromatic carbocycles. The molecule has 0 saturated heterocycles. The molecular weight excluding hydrogens is 284 g/mol. The Labute approximate surface area is 121 Å². The Morgan fingerprint density at radius 3 is 2.95 bits per heavy atom. The minimum atomic E-state index is -0.244. The molecule has 1 amide bonds. The number of benzene rings is 1. The second-order valence-corrected chi connectivity index (χ2v) is 5.82. The molecule has 1 N–H and O–H groups in total. The van der Waals surface area contributed by atoms with Gasteiger partial charge in [0.15, 0.2) is 5.17 Å². The van der Waals surface area contributed by atoms with Gasteiger partial charge in [0.1, 0.15) is 5.75 Å². The summed E-state index contributed by atoms with van der Waals surface area (Å²) in [6.45, 7) is 4.56. The van der Waals surface area contributed by atoms with Crippen molar-refractivity contribution in [1.82, 2.24) is 5.32 Å². The van der Waals surface area contributed by atoms with Gasteiger partial charge in [-0.05, 0) is 32.0 Å². The molecule has 1 aliphatic heterocycles. The van der Waals surface area contributed by atoms with Gasteiger partial charge in [-0.2, -0.15) is 0 Å². The molecule has 6 heteroatoms. The van der Waals surface area contributed by atoms with Crippen LogP contribution in [0.3, 0.4) is 0 Å². The van der Waals surface area contributed by atoms with Gasteiger partial charge in [-0.3, -0.25) is 9.79 Å². The van der Waals surface area contributed by atoms with Crippen molar-refractivity contribution in [2.45, 2.75) is 20.0 Å². The molecule has 2 rings (SSSR count). The van der Waals surface area contributed by atoms with Gasteiger partial charge >= 0.3 is 0 Å². The molecule has 0 unspecified atom stereocenters. The van der Waals surface area contributed by atoms with Crippen LogP contribution >= 0.6 is 23.4 Å². The molecule has 0 bridgehead atoms. The topological polar surface area (TPSA) is 50.7 Å². The van der Waals surface area contributed by atoms with Gasteiger partial charge in [-0.15, -0.1) is 0 Å². The van der Waals surface area contributed by atoms with Crippen LogP contribution in [0.25, 0.3) is 0 Å². The summed E-state index contributed by atoms with van der Waals surface area (Å²) in [5.41, 5.74) is 0.427. The Hall–Kier alpha value is -1.20. The van der Waals surface area contributed by atoms with Crippen LogP contribution in [-0.4, -0.2) is 29.5 Å². The number of amidine groups is 1. The predicted molar refractivity (Wildman–Crippen MR) is 79.4 cm³/mol. The van der Waals surface area contributed by atoms with E-state index in [1.807, 2.05) is 13.8 Å². The SMILES string of the molecule is CC(C)Oc1ccc(Cl)cc1C(=O)NC1=NCCS1. The van der Waals surface area contributed by atoms with Crippen LogP contribution in [0.2, 0.25) is 5.02 Å². The fraction of sp³-hybridized carbons (Fsp3) is 0.385. The van der Waals surface area contributed by atoms with Crippen LogP contribution in [0, 0.1) is 0 Å². The van der Waals surface area contributed by atoms with E-state index in [4.69, 9.17) is 16.3 Å². The molecular formula is C13H15ClN2O2S. The van der Waals surface area contributed by atoms with E-state index in [9.17, 15) is 4.79 Å². The Bertz CT molecular complexity index is 517. The smallest absolute Gasteiger partial charge is 0.261 e. The lowest BCUT2D eigenvalue weighted by molar-refractivity contribution is 0.0972. The number of halogens is 1. The molecule has 0 spiro atoms. The van der Waals surface area contributed by atoms with E-state index in [2.05, 4.69) is 10.3 Å². The zero-order chi connectivity index (χ0) is 13.8. The Morgan fingerprint density at radius 1 is 1.53 bits per heavy atom. The van der Waals surface area contributed by atoms with Gasteiger partial charge in [0.25, 0.3) is 5.91 Å². The van der Waals surface area contributed by atoms with E-state index < -0.39 is 0 Å². The molecule has 1 heterocycles. The number of hydrogen-bond donors (Lipinski definition) is 1. The molecule has 1 aliphatic rings. The number of nitrogens with zero attached hydrogens (tertiary/aromatic N) is 1. The van der Waals surface area contributed by atoms with Gasteiger partial charge < -0.3 is 10.1 Å². The lowest BCUT2D eigenvalue weighted by Gasteiger charge is -2.14. The second-order valence-electron chi connectivity index (χ2n) is 4.30. The average Bonchev–Trinajstić information content (AvgIpc) is 2.83. The lowest BCUT2D eigenvalue weighted by Crippen LogP contribution is -2.28. The molecule has 102 valence electrons. The maximum absolute atomic E-state index is 12.2. The lowest BCUT2D eigenvalue weighted by atomic mass is 10.2. The molecule has 0 saturated carbocycles. The molecule has 0 atom stereocenters. The summed E-state index contributed by atoms with van der Waals surface area (Å²) in [4.78, 5) is 16.4. The van der Waals surface area contributed by atoms with E-state index in [1.165, 1.54) is 11.8 Å². The van der Waals surface area contributed by atoms with Crippen LogP contribution in [0.15, 0.2) is 23.2 Å². The number of carbonyl (C=O) groups is 1. The molecule has 0 fully saturated rings. The maximum Gasteiger partial charge on any atom is 0.261 e. The third-order valence-corrected chi connectivity index (χ3v) is 3.48. The summed E-state index contributed by atoms with van der Waals surface area (Å²) in [6, 6.07) is 5.02. The van der Waals surface area contributed by atoms with Crippen LogP contribution in [0.4, 0.5) is 0 Å². The first-order chi connectivity index (χ1) is 9.06. The van der Waals surface area contributed by atoms with Crippen molar-refractivity contribution in [1.29, 1.82) is 0 Å². The molecule has 1 aromatic rings. The third kappa shape index (κ3) is 3.88.